The highest BCUT2D eigenvalue weighted by molar-refractivity contribution is 6.03. The lowest BCUT2D eigenvalue weighted by Gasteiger charge is -2.08. The van der Waals surface area contributed by atoms with Crippen LogP contribution in [0.4, 0.5) is 11.5 Å². The largest absolute Gasteiger partial charge is 0.497 e. The monoisotopic (exact) mass is 302 g/mol. The number of anilines is 2. The average Bonchev–Trinajstić information content (AvgIpc) is 2.56. The predicted molar refractivity (Wildman–Crippen MR) is 83.3 cm³/mol. The summed E-state index contributed by atoms with van der Waals surface area (Å²) >= 11 is 0. The van der Waals surface area contributed by atoms with E-state index < -0.39 is 0 Å². The molecule has 0 bridgehead atoms. The first-order valence-corrected chi connectivity index (χ1v) is 6.73. The number of aromatic nitrogens is 2. The first-order chi connectivity index (χ1) is 10.7. The van der Waals surface area contributed by atoms with Crippen molar-refractivity contribution in [1.29, 1.82) is 0 Å². The van der Waals surface area contributed by atoms with E-state index in [1.165, 1.54) is 6.33 Å². The molecule has 0 aliphatic heterocycles. The summed E-state index contributed by atoms with van der Waals surface area (Å²) in [6.07, 6.45) is 1.35. The van der Waals surface area contributed by atoms with Crippen molar-refractivity contribution >= 4 is 17.4 Å². The van der Waals surface area contributed by atoms with Gasteiger partial charge in [-0.3, -0.25) is 4.79 Å². The minimum absolute atomic E-state index is 0.283. The lowest BCUT2D eigenvalue weighted by molar-refractivity contribution is 0.102. The van der Waals surface area contributed by atoms with Crippen molar-refractivity contribution in [1.82, 2.24) is 9.97 Å². The molecule has 1 aromatic heterocycles. The summed E-state index contributed by atoms with van der Waals surface area (Å²) in [4.78, 5) is 20.2. The number of nitrogens with one attached hydrogen (secondary N) is 2. The standard InChI is InChI=1S/C15H18N4O3/c1-21-8-7-16-14-9-13(17-10-18-14)15(20)19-11-3-5-12(22-2)6-4-11/h3-6,9-10H,7-8H2,1-2H3,(H,19,20)(H,16,17,18). The molecular weight excluding hydrogens is 284 g/mol. The van der Waals surface area contributed by atoms with Gasteiger partial charge >= 0.3 is 0 Å². The van der Waals surface area contributed by atoms with E-state index in [0.717, 1.165) is 5.75 Å². The molecule has 0 fully saturated rings. The number of amides is 1. The van der Waals surface area contributed by atoms with Crippen molar-refractivity contribution < 1.29 is 14.3 Å². The Hall–Kier alpha value is -2.67. The molecule has 22 heavy (non-hydrogen) atoms. The van der Waals surface area contributed by atoms with Gasteiger partial charge in [0.25, 0.3) is 5.91 Å². The summed E-state index contributed by atoms with van der Waals surface area (Å²) in [5.41, 5.74) is 0.948. The SMILES string of the molecule is COCCNc1cc(C(=O)Nc2ccc(OC)cc2)ncn1. The summed E-state index contributed by atoms with van der Waals surface area (Å²) in [6, 6.07) is 8.65. The maximum absolute atomic E-state index is 12.2. The van der Waals surface area contributed by atoms with Crippen LogP contribution in [0.15, 0.2) is 36.7 Å². The molecule has 7 nitrogen and oxygen atoms in total. The van der Waals surface area contributed by atoms with Crippen LogP contribution in [0.5, 0.6) is 5.75 Å². The Balaban J connectivity index is 2.00. The van der Waals surface area contributed by atoms with Crippen LogP contribution < -0.4 is 15.4 Å². The molecule has 1 aromatic carbocycles. The van der Waals surface area contributed by atoms with Gasteiger partial charge in [-0.1, -0.05) is 0 Å². The molecule has 1 amide bonds. The van der Waals surface area contributed by atoms with Gasteiger partial charge < -0.3 is 20.1 Å². The summed E-state index contributed by atoms with van der Waals surface area (Å²) in [5, 5.41) is 5.81. The van der Waals surface area contributed by atoms with Crippen molar-refractivity contribution in [2.45, 2.75) is 0 Å². The molecule has 2 rings (SSSR count). The van der Waals surface area contributed by atoms with E-state index in [0.29, 0.717) is 24.7 Å². The Labute approximate surface area is 128 Å². The van der Waals surface area contributed by atoms with Gasteiger partial charge in [0.15, 0.2) is 0 Å². The molecule has 0 atom stereocenters. The van der Waals surface area contributed by atoms with E-state index in [1.54, 1.807) is 44.6 Å². The Morgan fingerprint density at radius 2 is 1.95 bits per heavy atom. The molecule has 0 aliphatic carbocycles. The highest BCUT2D eigenvalue weighted by atomic mass is 16.5. The van der Waals surface area contributed by atoms with Gasteiger partial charge in [-0.15, -0.1) is 0 Å². The van der Waals surface area contributed by atoms with E-state index >= 15 is 0 Å². The lowest BCUT2D eigenvalue weighted by atomic mass is 10.3. The second-order valence-corrected chi connectivity index (χ2v) is 4.39. The summed E-state index contributed by atoms with van der Waals surface area (Å²) in [6.45, 7) is 1.16. The number of methoxy groups -OCH3 is 2. The zero-order chi connectivity index (χ0) is 15.8. The Kier molecular flexibility index (Phi) is 5.67. The Morgan fingerprint density at radius 3 is 2.64 bits per heavy atom. The minimum Gasteiger partial charge on any atom is -0.497 e. The number of ether oxygens (including phenoxy) is 2. The quantitative estimate of drug-likeness (QED) is 0.759. The second kappa shape index (κ2) is 7.94. The molecule has 0 unspecified atom stereocenters. The van der Waals surface area contributed by atoms with Crippen LogP contribution in [0.3, 0.4) is 0 Å². The number of nitrogens with zero attached hydrogens (tertiary/aromatic N) is 2. The van der Waals surface area contributed by atoms with E-state index in [4.69, 9.17) is 9.47 Å². The normalized spacial score (nSPS) is 10.1. The molecule has 0 spiro atoms. The summed E-state index contributed by atoms with van der Waals surface area (Å²) < 4.78 is 10.0. The topological polar surface area (TPSA) is 85.4 Å². The van der Waals surface area contributed by atoms with E-state index in [-0.39, 0.29) is 11.6 Å². The van der Waals surface area contributed by atoms with Crippen LogP contribution >= 0.6 is 0 Å². The lowest BCUT2D eigenvalue weighted by Crippen LogP contribution is -2.15. The van der Waals surface area contributed by atoms with Gasteiger partial charge in [-0.25, -0.2) is 9.97 Å². The highest BCUT2D eigenvalue weighted by Crippen LogP contribution is 2.15. The van der Waals surface area contributed by atoms with Gasteiger partial charge in [0.2, 0.25) is 0 Å². The summed E-state index contributed by atoms with van der Waals surface area (Å²) in [5.74, 6) is 0.999. The maximum atomic E-state index is 12.2. The minimum atomic E-state index is -0.303. The van der Waals surface area contributed by atoms with Crippen LogP contribution in [0.25, 0.3) is 0 Å². The first-order valence-electron chi connectivity index (χ1n) is 6.73. The van der Waals surface area contributed by atoms with Gasteiger partial charge in [0.1, 0.15) is 23.6 Å². The number of rotatable bonds is 7. The maximum Gasteiger partial charge on any atom is 0.274 e. The molecule has 0 saturated carbocycles. The second-order valence-electron chi connectivity index (χ2n) is 4.39. The molecule has 0 saturated heterocycles. The predicted octanol–water partition coefficient (Wildman–Crippen LogP) is 1.80. The van der Waals surface area contributed by atoms with Crippen molar-refractivity contribution in [2.24, 2.45) is 0 Å². The zero-order valence-electron chi connectivity index (χ0n) is 12.5. The summed E-state index contributed by atoms with van der Waals surface area (Å²) in [7, 11) is 3.21. The zero-order valence-corrected chi connectivity index (χ0v) is 12.5. The van der Waals surface area contributed by atoms with Crippen LogP contribution in [-0.2, 0) is 4.74 Å². The van der Waals surface area contributed by atoms with E-state index in [2.05, 4.69) is 20.6 Å². The fraction of sp³-hybridized carbons (Fsp3) is 0.267. The third kappa shape index (κ3) is 4.42. The number of hydrogen-bond donors (Lipinski definition) is 2. The molecule has 0 aliphatic rings. The fourth-order valence-corrected chi connectivity index (χ4v) is 1.73. The molecular formula is C15H18N4O3. The average molecular weight is 302 g/mol. The number of carbonyl (C=O) groups is 1. The molecule has 116 valence electrons. The fourth-order valence-electron chi connectivity index (χ4n) is 1.73. The van der Waals surface area contributed by atoms with Crippen LogP contribution in [0.1, 0.15) is 10.5 Å². The number of hydrogen-bond acceptors (Lipinski definition) is 6. The van der Waals surface area contributed by atoms with Crippen molar-refractivity contribution in [2.75, 3.05) is 38.0 Å². The van der Waals surface area contributed by atoms with Gasteiger partial charge in [-0.2, -0.15) is 0 Å². The van der Waals surface area contributed by atoms with E-state index in [9.17, 15) is 4.79 Å². The third-order valence-corrected chi connectivity index (χ3v) is 2.86. The van der Waals surface area contributed by atoms with Crippen molar-refractivity contribution in [3.8, 4) is 5.75 Å². The van der Waals surface area contributed by atoms with E-state index in [1.807, 2.05) is 0 Å². The van der Waals surface area contributed by atoms with Gasteiger partial charge in [-0.05, 0) is 24.3 Å². The highest BCUT2D eigenvalue weighted by Gasteiger charge is 2.09. The molecule has 2 N–H and O–H groups in total. The van der Waals surface area contributed by atoms with Gasteiger partial charge in [0.05, 0.1) is 13.7 Å². The molecule has 7 heteroatoms. The Bertz CT molecular complexity index is 616. The number of benzene rings is 1. The van der Waals surface area contributed by atoms with Crippen LogP contribution in [0, 0.1) is 0 Å². The molecule has 2 aromatic rings. The van der Waals surface area contributed by atoms with Crippen LogP contribution in [0.2, 0.25) is 0 Å². The smallest absolute Gasteiger partial charge is 0.274 e. The van der Waals surface area contributed by atoms with Gasteiger partial charge in [0, 0.05) is 25.4 Å². The molecule has 0 radical (unpaired) electrons. The van der Waals surface area contributed by atoms with Crippen LogP contribution in [-0.4, -0.2) is 43.2 Å². The Morgan fingerprint density at radius 1 is 1.18 bits per heavy atom. The third-order valence-electron chi connectivity index (χ3n) is 2.86. The van der Waals surface area contributed by atoms with Crippen molar-refractivity contribution in [3.63, 3.8) is 0 Å². The number of carbonyl (C=O) groups excluding carboxylic acids is 1. The first kappa shape index (κ1) is 15.7. The molecule has 1 heterocycles. The van der Waals surface area contributed by atoms with Crippen molar-refractivity contribution in [3.05, 3.63) is 42.4 Å².